The minimum Gasteiger partial charge on any atom is -0.353 e. The molecule has 6 heteroatoms. The van der Waals surface area contributed by atoms with Gasteiger partial charge in [0.15, 0.2) is 0 Å². The maximum atomic E-state index is 10.8. The van der Waals surface area contributed by atoms with Crippen molar-refractivity contribution in [1.82, 2.24) is 9.78 Å². The van der Waals surface area contributed by atoms with Crippen LogP contribution in [0.5, 0.6) is 0 Å². The van der Waals surface area contributed by atoms with Gasteiger partial charge < -0.3 is 5.32 Å². The maximum absolute atomic E-state index is 10.8. The highest BCUT2D eigenvalue weighted by molar-refractivity contribution is 5.64. The first-order valence-corrected chi connectivity index (χ1v) is 5.49. The zero-order valence-electron chi connectivity index (χ0n) is 10.5. The number of hydrogen-bond acceptors (Lipinski definition) is 4. The Bertz CT molecular complexity index is 604. The summed E-state index contributed by atoms with van der Waals surface area (Å²) in [6.45, 7) is 3.71. The molecule has 0 aliphatic heterocycles. The molecule has 0 aliphatic carbocycles. The Morgan fingerprint density at radius 1 is 1.33 bits per heavy atom. The summed E-state index contributed by atoms with van der Waals surface area (Å²) >= 11 is 0. The predicted octanol–water partition coefficient (Wildman–Crippen LogP) is 2.69. The molecule has 0 bridgehead atoms. The van der Waals surface area contributed by atoms with E-state index in [0.29, 0.717) is 5.69 Å². The van der Waals surface area contributed by atoms with Gasteiger partial charge in [0.25, 0.3) is 5.69 Å². The Morgan fingerprint density at radius 2 is 2.06 bits per heavy atom. The standard InChI is InChI=1S/C12H14N4O2/c1-8-4-10(6-11(5-8)16(17)18)13-12-7-15(3)14-9(12)2/h4-7,13H,1-3H3. The van der Waals surface area contributed by atoms with Crippen molar-refractivity contribution in [3.05, 3.63) is 45.8 Å². The number of aromatic nitrogens is 2. The summed E-state index contributed by atoms with van der Waals surface area (Å²) < 4.78 is 1.70. The van der Waals surface area contributed by atoms with E-state index in [1.54, 1.807) is 10.7 Å². The number of nitro groups is 1. The molecule has 2 aromatic rings. The van der Waals surface area contributed by atoms with Crippen molar-refractivity contribution in [2.45, 2.75) is 13.8 Å². The highest BCUT2D eigenvalue weighted by Gasteiger charge is 2.09. The van der Waals surface area contributed by atoms with Gasteiger partial charge in [-0.3, -0.25) is 14.8 Å². The number of nitrogens with one attached hydrogen (secondary N) is 1. The first kappa shape index (κ1) is 12.1. The van der Waals surface area contributed by atoms with E-state index in [1.165, 1.54) is 6.07 Å². The van der Waals surface area contributed by atoms with Crippen molar-refractivity contribution in [1.29, 1.82) is 0 Å². The van der Waals surface area contributed by atoms with Crippen LogP contribution >= 0.6 is 0 Å². The lowest BCUT2D eigenvalue weighted by Gasteiger charge is -2.05. The van der Waals surface area contributed by atoms with Crippen molar-refractivity contribution in [3.63, 3.8) is 0 Å². The van der Waals surface area contributed by atoms with Gasteiger partial charge >= 0.3 is 0 Å². The van der Waals surface area contributed by atoms with Gasteiger partial charge in [0, 0.05) is 31.1 Å². The average molecular weight is 246 g/mol. The Labute approximate surface area is 104 Å². The number of nitrogens with zero attached hydrogens (tertiary/aromatic N) is 3. The van der Waals surface area contributed by atoms with Crippen LogP contribution in [0.15, 0.2) is 24.4 Å². The van der Waals surface area contributed by atoms with Crippen LogP contribution in [0, 0.1) is 24.0 Å². The van der Waals surface area contributed by atoms with E-state index < -0.39 is 4.92 Å². The van der Waals surface area contributed by atoms with Crippen LogP contribution in [0.1, 0.15) is 11.3 Å². The van der Waals surface area contributed by atoms with Crippen molar-refractivity contribution >= 4 is 17.1 Å². The summed E-state index contributed by atoms with van der Waals surface area (Å²) in [5.74, 6) is 0. The molecule has 6 nitrogen and oxygen atoms in total. The first-order valence-electron chi connectivity index (χ1n) is 5.49. The molecule has 0 spiro atoms. The van der Waals surface area contributed by atoms with Gasteiger partial charge in [0.2, 0.25) is 0 Å². The number of rotatable bonds is 3. The molecule has 0 radical (unpaired) electrons. The van der Waals surface area contributed by atoms with Crippen LogP contribution in [0.4, 0.5) is 17.1 Å². The lowest BCUT2D eigenvalue weighted by atomic mass is 10.2. The number of hydrogen-bond donors (Lipinski definition) is 1. The van der Waals surface area contributed by atoms with E-state index in [2.05, 4.69) is 10.4 Å². The molecular formula is C12H14N4O2. The SMILES string of the molecule is Cc1cc(Nc2cn(C)nc2C)cc([N+](=O)[O-])c1. The molecular weight excluding hydrogens is 232 g/mol. The second-order valence-electron chi connectivity index (χ2n) is 4.24. The van der Waals surface area contributed by atoms with Crippen LogP contribution < -0.4 is 5.32 Å². The van der Waals surface area contributed by atoms with E-state index in [-0.39, 0.29) is 5.69 Å². The Morgan fingerprint density at radius 3 is 2.61 bits per heavy atom. The van der Waals surface area contributed by atoms with Crippen LogP contribution in [0.3, 0.4) is 0 Å². The molecule has 0 aliphatic rings. The smallest absolute Gasteiger partial charge is 0.271 e. The fourth-order valence-electron chi connectivity index (χ4n) is 1.82. The summed E-state index contributed by atoms with van der Waals surface area (Å²) in [6, 6.07) is 4.92. The van der Waals surface area contributed by atoms with Crippen LogP contribution in [0.2, 0.25) is 0 Å². The van der Waals surface area contributed by atoms with Crippen molar-refractivity contribution in [2.75, 3.05) is 5.32 Å². The third kappa shape index (κ3) is 2.48. The first-order chi connectivity index (χ1) is 8.45. The lowest BCUT2D eigenvalue weighted by Crippen LogP contribution is -1.94. The fourth-order valence-corrected chi connectivity index (χ4v) is 1.82. The molecule has 0 amide bonds. The van der Waals surface area contributed by atoms with E-state index in [1.807, 2.05) is 33.2 Å². The Kier molecular flexibility index (Phi) is 3.01. The highest BCUT2D eigenvalue weighted by Crippen LogP contribution is 2.24. The third-order valence-electron chi connectivity index (χ3n) is 2.57. The van der Waals surface area contributed by atoms with Gasteiger partial charge in [0.05, 0.1) is 16.3 Å². The quantitative estimate of drug-likeness (QED) is 0.667. The number of aryl methyl sites for hydroxylation is 3. The Hall–Kier alpha value is -2.37. The topological polar surface area (TPSA) is 73.0 Å². The summed E-state index contributed by atoms with van der Waals surface area (Å²) in [6.07, 6.45) is 1.84. The lowest BCUT2D eigenvalue weighted by molar-refractivity contribution is -0.384. The van der Waals surface area contributed by atoms with Crippen LogP contribution in [-0.4, -0.2) is 14.7 Å². The molecule has 0 fully saturated rings. The van der Waals surface area contributed by atoms with Crippen molar-refractivity contribution in [2.24, 2.45) is 7.05 Å². The van der Waals surface area contributed by atoms with E-state index in [9.17, 15) is 10.1 Å². The number of benzene rings is 1. The molecule has 0 unspecified atom stereocenters. The zero-order valence-corrected chi connectivity index (χ0v) is 10.5. The van der Waals surface area contributed by atoms with Crippen LogP contribution in [0.25, 0.3) is 0 Å². The Balaban J connectivity index is 2.34. The number of nitro benzene ring substituents is 1. The van der Waals surface area contributed by atoms with E-state index in [0.717, 1.165) is 16.9 Å². The zero-order chi connectivity index (χ0) is 13.3. The number of anilines is 2. The van der Waals surface area contributed by atoms with E-state index in [4.69, 9.17) is 0 Å². The number of non-ortho nitro benzene ring substituents is 1. The second-order valence-corrected chi connectivity index (χ2v) is 4.24. The third-order valence-corrected chi connectivity index (χ3v) is 2.57. The molecule has 0 saturated carbocycles. The van der Waals surface area contributed by atoms with Gasteiger partial charge in [-0.15, -0.1) is 0 Å². The summed E-state index contributed by atoms with van der Waals surface area (Å²) in [5, 5.41) is 18.1. The second kappa shape index (κ2) is 4.48. The monoisotopic (exact) mass is 246 g/mol. The summed E-state index contributed by atoms with van der Waals surface area (Å²) in [5.41, 5.74) is 3.31. The fraction of sp³-hybridized carbons (Fsp3) is 0.250. The molecule has 1 heterocycles. The molecule has 1 aromatic carbocycles. The predicted molar refractivity (Wildman–Crippen MR) is 69.1 cm³/mol. The van der Waals surface area contributed by atoms with Gasteiger partial charge in [-0.05, 0) is 25.5 Å². The minimum atomic E-state index is -0.395. The average Bonchev–Trinajstić information content (AvgIpc) is 2.56. The van der Waals surface area contributed by atoms with Gasteiger partial charge in [0.1, 0.15) is 0 Å². The maximum Gasteiger partial charge on any atom is 0.271 e. The molecule has 94 valence electrons. The van der Waals surface area contributed by atoms with Crippen molar-refractivity contribution in [3.8, 4) is 0 Å². The molecule has 0 atom stereocenters. The molecule has 0 saturated heterocycles. The van der Waals surface area contributed by atoms with Gasteiger partial charge in [-0.25, -0.2) is 0 Å². The molecule has 1 N–H and O–H groups in total. The minimum absolute atomic E-state index is 0.0824. The molecule has 2 rings (SSSR count). The van der Waals surface area contributed by atoms with Gasteiger partial charge in [-0.2, -0.15) is 5.10 Å². The van der Waals surface area contributed by atoms with Crippen molar-refractivity contribution < 1.29 is 4.92 Å². The van der Waals surface area contributed by atoms with Crippen LogP contribution in [-0.2, 0) is 7.05 Å². The molecule has 18 heavy (non-hydrogen) atoms. The van der Waals surface area contributed by atoms with Gasteiger partial charge in [-0.1, -0.05) is 0 Å². The highest BCUT2D eigenvalue weighted by atomic mass is 16.6. The normalized spacial score (nSPS) is 10.4. The summed E-state index contributed by atoms with van der Waals surface area (Å²) in [4.78, 5) is 10.4. The van der Waals surface area contributed by atoms with E-state index >= 15 is 0 Å². The molecule has 1 aromatic heterocycles. The largest absolute Gasteiger partial charge is 0.353 e. The summed E-state index contributed by atoms with van der Waals surface area (Å²) in [7, 11) is 1.83.